The maximum Gasteiger partial charge on any atom is 0.0662 e. The summed E-state index contributed by atoms with van der Waals surface area (Å²) < 4.78 is 0. The molecule has 0 aliphatic heterocycles. The van der Waals surface area contributed by atoms with Gasteiger partial charge in [0.2, 0.25) is 0 Å². The summed E-state index contributed by atoms with van der Waals surface area (Å²) in [5.74, 6) is 1.24. The minimum Gasteiger partial charge on any atom is -0.313 e. The summed E-state index contributed by atoms with van der Waals surface area (Å²) in [5.41, 5.74) is 12.4. The van der Waals surface area contributed by atoms with Crippen LogP contribution in [0.25, 0.3) is 0 Å². The second kappa shape index (κ2) is 17.0. The van der Waals surface area contributed by atoms with Crippen LogP contribution in [0.3, 0.4) is 0 Å². The van der Waals surface area contributed by atoms with Crippen LogP contribution in [0.4, 0.5) is 0 Å². The molecule has 0 aromatic carbocycles. The lowest BCUT2D eigenvalue weighted by Gasteiger charge is -2.32. The molecule has 158 valence electrons. The van der Waals surface area contributed by atoms with Crippen molar-refractivity contribution in [1.82, 2.24) is 0 Å². The Labute approximate surface area is 166 Å². The summed E-state index contributed by atoms with van der Waals surface area (Å²) in [4.78, 5) is 0. The van der Waals surface area contributed by atoms with Gasteiger partial charge in [0, 0.05) is 0 Å². The molecule has 0 radical (unpaired) electrons. The van der Waals surface area contributed by atoms with Gasteiger partial charge in [-0.05, 0) is 24.7 Å². The van der Waals surface area contributed by atoms with Crippen LogP contribution in [0.2, 0.25) is 0 Å². The van der Waals surface area contributed by atoms with Crippen molar-refractivity contribution in [1.29, 1.82) is 0 Å². The summed E-state index contributed by atoms with van der Waals surface area (Å²) in [6, 6.07) is 0. The molecule has 0 saturated carbocycles. The van der Waals surface area contributed by atoms with E-state index in [4.69, 9.17) is 11.5 Å². The van der Waals surface area contributed by atoms with Gasteiger partial charge in [0.05, 0.1) is 5.66 Å². The lowest BCUT2D eigenvalue weighted by Crippen LogP contribution is -2.54. The van der Waals surface area contributed by atoms with E-state index in [9.17, 15) is 0 Å². The Balaban J connectivity index is 3.72. The van der Waals surface area contributed by atoms with Gasteiger partial charge in [-0.15, -0.1) is 0 Å². The van der Waals surface area contributed by atoms with Crippen LogP contribution in [-0.2, 0) is 0 Å². The van der Waals surface area contributed by atoms with Gasteiger partial charge in [-0.2, -0.15) is 0 Å². The predicted molar refractivity (Wildman–Crippen MR) is 119 cm³/mol. The molecular weight excluding hydrogens is 316 g/mol. The standard InChI is InChI=1S/C24H52N2/c1-5-7-9-11-13-15-17-21-24(25,26)23(4)20-19-22(3)18-16-14-12-10-8-6-2/h22-23H,5-21,25-26H2,1-4H3. The average molecular weight is 369 g/mol. The molecule has 0 bridgehead atoms. The topological polar surface area (TPSA) is 52.0 Å². The Morgan fingerprint density at radius 2 is 1.04 bits per heavy atom. The Morgan fingerprint density at radius 3 is 1.58 bits per heavy atom. The van der Waals surface area contributed by atoms with E-state index in [1.165, 1.54) is 103 Å². The quantitative estimate of drug-likeness (QED) is 0.183. The van der Waals surface area contributed by atoms with Gasteiger partial charge in [-0.1, -0.05) is 124 Å². The van der Waals surface area contributed by atoms with Crippen LogP contribution in [0.5, 0.6) is 0 Å². The van der Waals surface area contributed by atoms with Crippen molar-refractivity contribution >= 4 is 0 Å². The highest BCUT2D eigenvalue weighted by molar-refractivity contribution is 4.83. The van der Waals surface area contributed by atoms with E-state index in [-0.39, 0.29) is 0 Å². The maximum absolute atomic E-state index is 6.45. The van der Waals surface area contributed by atoms with Crippen molar-refractivity contribution in [2.45, 2.75) is 143 Å². The second-order valence-corrected chi connectivity index (χ2v) is 9.12. The summed E-state index contributed by atoms with van der Waals surface area (Å²) in [6.07, 6.45) is 22.5. The molecule has 0 spiro atoms. The van der Waals surface area contributed by atoms with Crippen LogP contribution < -0.4 is 11.5 Å². The minimum absolute atomic E-state index is 0.426. The van der Waals surface area contributed by atoms with Gasteiger partial charge >= 0.3 is 0 Å². The van der Waals surface area contributed by atoms with E-state index < -0.39 is 5.66 Å². The molecule has 2 heteroatoms. The molecule has 0 heterocycles. The zero-order valence-electron chi connectivity index (χ0n) is 18.8. The van der Waals surface area contributed by atoms with Crippen molar-refractivity contribution in [3.63, 3.8) is 0 Å². The first-order valence-corrected chi connectivity index (χ1v) is 12.0. The molecule has 0 aliphatic rings. The summed E-state index contributed by atoms with van der Waals surface area (Å²) in [6.45, 7) is 9.22. The second-order valence-electron chi connectivity index (χ2n) is 9.12. The van der Waals surface area contributed by atoms with Crippen LogP contribution in [0.1, 0.15) is 137 Å². The molecule has 2 atom stereocenters. The molecule has 0 amide bonds. The zero-order chi connectivity index (χ0) is 19.7. The lowest BCUT2D eigenvalue weighted by molar-refractivity contribution is 0.240. The Morgan fingerprint density at radius 1 is 0.577 bits per heavy atom. The number of hydrogen-bond donors (Lipinski definition) is 2. The number of nitrogens with two attached hydrogens (primary N) is 2. The van der Waals surface area contributed by atoms with E-state index >= 15 is 0 Å². The molecule has 0 aromatic rings. The minimum atomic E-state index is -0.469. The number of unbranched alkanes of at least 4 members (excludes halogenated alkanes) is 11. The molecule has 0 rings (SSSR count). The fraction of sp³-hybridized carbons (Fsp3) is 1.00. The fourth-order valence-electron chi connectivity index (χ4n) is 3.86. The molecule has 26 heavy (non-hydrogen) atoms. The van der Waals surface area contributed by atoms with Gasteiger partial charge in [0.15, 0.2) is 0 Å². The normalized spacial score (nSPS) is 14.5. The predicted octanol–water partition coefficient (Wildman–Crippen LogP) is 7.54. The molecular formula is C24H52N2. The molecule has 0 aliphatic carbocycles. The Bertz CT molecular complexity index is 288. The first-order chi connectivity index (χ1) is 12.4. The fourth-order valence-corrected chi connectivity index (χ4v) is 3.86. The molecule has 2 nitrogen and oxygen atoms in total. The van der Waals surface area contributed by atoms with E-state index in [0.29, 0.717) is 5.92 Å². The average Bonchev–Trinajstić information content (AvgIpc) is 2.61. The van der Waals surface area contributed by atoms with E-state index in [2.05, 4.69) is 27.7 Å². The molecule has 0 aromatic heterocycles. The van der Waals surface area contributed by atoms with Gasteiger partial charge in [-0.3, -0.25) is 0 Å². The van der Waals surface area contributed by atoms with Crippen LogP contribution >= 0.6 is 0 Å². The molecule has 4 N–H and O–H groups in total. The Hall–Kier alpha value is -0.0800. The van der Waals surface area contributed by atoms with Crippen molar-refractivity contribution < 1.29 is 0 Å². The SMILES string of the molecule is CCCCCCCCCC(N)(N)C(C)CCC(C)CCCCCCCC. The zero-order valence-corrected chi connectivity index (χ0v) is 18.8. The van der Waals surface area contributed by atoms with Crippen molar-refractivity contribution in [3.8, 4) is 0 Å². The summed E-state index contributed by atoms with van der Waals surface area (Å²) in [5, 5.41) is 0. The molecule has 2 unspecified atom stereocenters. The van der Waals surface area contributed by atoms with Gasteiger partial charge in [-0.25, -0.2) is 0 Å². The molecule has 0 fully saturated rings. The lowest BCUT2D eigenvalue weighted by atomic mass is 9.84. The summed E-state index contributed by atoms with van der Waals surface area (Å²) in [7, 11) is 0. The van der Waals surface area contributed by atoms with Crippen molar-refractivity contribution in [2.24, 2.45) is 23.3 Å². The van der Waals surface area contributed by atoms with Gasteiger partial charge in [0.1, 0.15) is 0 Å². The summed E-state index contributed by atoms with van der Waals surface area (Å²) >= 11 is 0. The third kappa shape index (κ3) is 15.0. The maximum atomic E-state index is 6.45. The monoisotopic (exact) mass is 368 g/mol. The number of hydrogen-bond acceptors (Lipinski definition) is 2. The smallest absolute Gasteiger partial charge is 0.0662 e. The molecule has 0 saturated heterocycles. The van der Waals surface area contributed by atoms with E-state index in [1.807, 2.05) is 0 Å². The van der Waals surface area contributed by atoms with Crippen LogP contribution in [-0.4, -0.2) is 5.66 Å². The largest absolute Gasteiger partial charge is 0.313 e. The van der Waals surface area contributed by atoms with E-state index in [1.54, 1.807) is 0 Å². The van der Waals surface area contributed by atoms with E-state index in [0.717, 1.165) is 12.3 Å². The van der Waals surface area contributed by atoms with Crippen molar-refractivity contribution in [2.75, 3.05) is 0 Å². The first-order valence-electron chi connectivity index (χ1n) is 12.0. The van der Waals surface area contributed by atoms with Crippen LogP contribution in [0, 0.1) is 11.8 Å². The highest BCUT2D eigenvalue weighted by Crippen LogP contribution is 2.25. The van der Waals surface area contributed by atoms with Crippen molar-refractivity contribution in [3.05, 3.63) is 0 Å². The third-order valence-electron chi connectivity index (χ3n) is 6.27. The highest BCUT2D eigenvalue weighted by Gasteiger charge is 2.26. The highest BCUT2D eigenvalue weighted by atomic mass is 15.0. The van der Waals surface area contributed by atoms with Gasteiger partial charge < -0.3 is 11.5 Å². The number of rotatable bonds is 19. The Kier molecular flexibility index (Phi) is 17.0. The first kappa shape index (κ1) is 25.9. The van der Waals surface area contributed by atoms with Crippen LogP contribution in [0.15, 0.2) is 0 Å². The van der Waals surface area contributed by atoms with Gasteiger partial charge in [0.25, 0.3) is 0 Å². The third-order valence-corrected chi connectivity index (χ3v) is 6.27.